The van der Waals surface area contributed by atoms with Crippen LogP contribution in [0, 0.1) is 0 Å². The normalized spacial score (nSPS) is 16.9. The summed E-state index contributed by atoms with van der Waals surface area (Å²) in [5, 5.41) is 1.21. The highest BCUT2D eigenvalue weighted by molar-refractivity contribution is 7.88. The van der Waals surface area contributed by atoms with Gasteiger partial charge in [-0.1, -0.05) is 53.5 Å². The lowest BCUT2D eigenvalue weighted by Gasteiger charge is -2.34. The van der Waals surface area contributed by atoms with Gasteiger partial charge in [-0.2, -0.15) is 4.31 Å². The second-order valence-corrected chi connectivity index (χ2v) is 8.97. The van der Waals surface area contributed by atoms with Crippen molar-refractivity contribution in [1.29, 1.82) is 0 Å². The lowest BCUT2D eigenvalue weighted by atomic mass is 10.2. The van der Waals surface area contributed by atoms with Crippen molar-refractivity contribution in [2.75, 3.05) is 26.2 Å². The summed E-state index contributed by atoms with van der Waals surface area (Å²) < 4.78 is 26.9. The van der Waals surface area contributed by atoms with Crippen molar-refractivity contribution in [3.8, 4) is 0 Å². The van der Waals surface area contributed by atoms with E-state index in [2.05, 4.69) is 4.90 Å². The van der Waals surface area contributed by atoms with E-state index in [1.54, 1.807) is 28.6 Å². The van der Waals surface area contributed by atoms with E-state index < -0.39 is 10.0 Å². The highest BCUT2D eigenvalue weighted by Gasteiger charge is 2.27. The van der Waals surface area contributed by atoms with Crippen LogP contribution in [-0.4, -0.2) is 43.8 Å². The van der Waals surface area contributed by atoms with Crippen molar-refractivity contribution in [2.45, 2.75) is 12.3 Å². The van der Waals surface area contributed by atoms with Gasteiger partial charge in [0.15, 0.2) is 0 Å². The molecule has 7 heteroatoms. The van der Waals surface area contributed by atoms with Crippen LogP contribution in [0.1, 0.15) is 11.1 Å². The Morgan fingerprint density at radius 2 is 1.64 bits per heavy atom. The van der Waals surface area contributed by atoms with Crippen LogP contribution < -0.4 is 0 Å². The van der Waals surface area contributed by atoms with Crippen LogP contribution in [0.5, 0.6) is 0 Å². The van der Waals surface area contributed by atoms with Gasteiger partial charge in [0.25, 0.3) is 0 Å². The summed E-state index contributed by atoms with van der Waals surface area (Å²) in [6.45, 7) is 3.17. The van der Waals surface area contributed by atoms with E-state index in [1.807, 2.05) is 24.3 Å². The molecule has 134 valence electrons. The Morgan fingerprint density at radius 1 is 0.920 bits per heavy atom. The zero-order chi connectivity index (χ0) is 17.9. The Hall–Kier alpha value is -1.11. The van der Waals surface area contributed by atoms with Gasteiger partial charge >= 0.3 is 0 Å². The minimum absolute atomic E-state index is 0.0546. The summed E-state index contributed by atoms with van der Waals surface area (Å²) in [5.41, 5.74) is 1.78. The second-order valence-electron chi connectivity index (χ2n) is 6.15. The minimum Gasteiger partial charge on any atom is -0.296 e. The van der Waals surface area contributed by atoms with Crippen molar-refractivity contribution in [2.24, 2.45) is 0 Å². The van der Waals surface area contributed by atoms with Gasteiger partial charge in [-0.05, 0) is 29.3 Å². The predicted molar refractivity (Wildman–Crippen MR) is 102 cm³/mol. The molecular formula is C18H20Cl2N2O2S. The quantitative estimate of drug-likeness (QED) is 0.771. The first kappa shape index (κ1) is 18.7. The monoisotopic (exact) mass is 398 g/mol. The maximum Gasteiger partial charge on any atom is 0.218 e. The van der Waals surface area contributed by atoms with Gasteiger partial charge < -0.3 is 0 Å². The fraction of sp³-hybridized carbons (Fsp3) is 0.333. The Balaban J connectivity index is 1.59. The molecule has 0 N–H and O–H groups in total. The topological polar surface area (TPSA) is 40.6 Å². The zero-order valence-corrected chi connectivity index (χ0v) is 16.1. The Morgan fingerprint density at radius 3 is 2.32 bits per heavy atom. The van der Waals surface area contributed by atoms with E-state index in [4.69, 9.17) is 23.2 Å². The summed E-state index contributed by atoms with van der Waals surface area (Å²) in [7, 11) is -3.36. The number of halogens is 2. The first-order chi connectivity index (χ1) is 11.9. The van der Waals surface area contributed by atoms with Crippen LogP contribution >= 0.6 is 23.2 Å². The van der Waals surface area contributed by atoms with Crippen molar-refractivity contribution < 1.29 is 8.42 Å². The lowest BCUT2D eigenvalue weighted by molar-refractivity contribution is 0.181. The van der Waals surface area contributed by atoms with Gasteiger partial charge in [0, 0.05) is 42.8 Å². The van der Waals surface area contributed by atoms with Crippen LogP contribution in [0.4, 0.5) is 0 Å². The molecule has 4 nitrogen and oxygen atoms in total. The SMILES string of the molecule is O=S(=O)(Cc1ccccc1Cl)N1CCN(Cc2cccc(Cl)c2)CC1. The molecule has 0 aliphatic carbocycles. The Kier molecular flexibility index (Phi) is 6.02. The summed E-state index contributed by atoms with van der Waals surface area (Å²) in [4.78, 5) is 2.24. The summed E-state index contributed by atoms with van der Waals surface area (Å²) >= 11 is 12.1. The molecule has 2 aromatic carbocycles. The van der Waals surface area contributed by atoms with Gasteiger partial charge in [0.1, 0.15) is 0 Å². The molecule has 0 spiro atoms. The van der Waals surface area contributed by atoms with E-state index in [0.29, 0.717) is 36.8 Å². The minimum atomic E-state index is -3.36. The highest BCUT2D eigenvalue weighted by atomic mass is 35.5. The van der Waals surface area contributed by atoms with Crippen LogP contribution in [0.25, 0.3) is 0 Å². The molecule has 3 rings (SSSR count). The predicted octanol–water partition coefficient (Wildman–Crippen LogP) is 3.64. The standard InChI is InChI=1S/C18H20Cl2N2O2S/c19-17-6-3-4-15(12-17)13-21-8-10-22(11-9-21)25(23,24)14-16-5-1-2-7-18(16)20/h1-7,12H,8-11,13-14H2. The van der Waals surface area contributed by atoms with E-state index in [1.165, 1.54) is 0 Å². The smallest absolute Gasteiger partial charge is 0.218 e. The molecule has 1 saturated heterocycles. The third-order valence-corrected chi connectivity index (χ3v) is 6.75. The van der Waals surface area contributed by atoms with Crippen molar-refractivity contribution in [1.82, 2.24) is 9.21 Å². The number of rotatable bonds is 5. The first-order valence-corrected chi connectivity index (χ1v) is 10.5. The average Bonchev–Trinajstić information content (AvgIpc) is 2.57. The molecule has 0 bridgehead atoms. The average molecular weight is 399 g/mol. The molecule has 2 aromatic rings. The number of sulfonamides is 1. The van der Waals surface area contributed by atoms with Crippen LogP contribution in [0.15, 0.2) is 48.5 Å². The van der Waals surface area contributed by atoms with Crippen molar-refractivity contribution in [3.63, 3.8) is 0 Å². The van der Waals surface area contributed by atoms with Gasteiger partial charge in [-0.3, -0.25) is 4.90 Å². The third-order valence-electron chi connectivity index (χ3n) is 4.32. The van der Waals surface area contributed by atoms with E-state index >= 15 is 0 Å². The lowest BCUT2D eigenvalue weighted by Crippen LogP contribution is -2.48. The van der Waals surface area contributed by atoms with Crippen molar-refractivity contribution >= 4 is 33.2 Å². The molecule has 0 atom stereocenters. The molecule has 0 saturated carbocycles. The molecule has 0 aromatic heterocycles. The maximum absolute atomic E-state index is 12.6. The number of piperazine rings is 1. The third kappa shape index (κ3) is 4.96. The second kappa shape index (κ2) is 8.06. The van der Waals surface area contributed by atoms with Crippen LogP contribution in [-0.2, 0) is 22.3 Å². The molecule has 0 unspecified atom stereocenters. The van der Waals surface area contributed by atoms with Crippen LogP contribution in [0.3, 0.4) is 0 Å². The highest BCUT2D eigenvalue weighted by Crippen LogP contribution is 2.21. The number of hydrogen-bond acceptors (Lipinski definition) is 3. The fourth-order valence-corrected chi connectivity index (χ4v) is 5.00. The van der Waals surface area contributed by atoms with E-state index in [9.17, 15) is 8.42 Å². The molecule has 25 heavy (non-hydrogen) atoms. The molecule has 1 heterocycles. The van der Waals surface area contributed by atoms with Gasteiger partial charge in [-0.15, -0.1) is 0 Å². The number of nitrogens with zero attached hydrogens (tertiary/aromatic N) is 2. The first-order valence-electron chi connectivity index (χ1n) is 8.12. The van der Waals surface area contributed by atoms with Gasteiger partial charge in [-0.25, -0.2) is 8.42 Å². The van der Waals surface area contributed by atoms with Gasteiger partial charge in [0.2, 0.25) is 10.0 Å². The number of benzene rings is 2. The zero-order valence-electron chi connectivity index (χ0n) is 13.7. The number of hydrogen-bond donors (Lipinski definition) is 0. The van der Waals surface area contributed by atoms with E-state index in [-0.39, 0.29) is 5.75 Å². The molecule has 1 aliphatic rings. The molecule has 1 fully saturated rings. The largest absolute Gasteiger partial charge is 0.296 e. The summed E-state index contributed by atoms with van der Waals surface area (Å²) in [6, 6.07) is 14.8. The Labute approximate surface area is 159 Å². The summed E-state index contributed by atoms with van der Waals surface area (Å²) in [5.74, 6) is -0.0546. The fourth-order valence-electron chi connectivity index (χ4n) is 2.96. The van der Waals surface area contributed by atoms with Crippen molar-refractivity contribution in [3.05, 3.63) is 69.7 Å². The summed E-state index contributed by atoms with van der Waals surface area (Å²) in [6.07, 6.45) is 0. The van der Waals surface area contributed by atoms with E-state index in [0.717, 1.165) is 17.1 Å². The van der Waals surface area contributed by atoms with Crippen LogP contribution in [0.2, 0.25) is 10.0 Å². The molecule has 0 radical (unpaired) electrons. The molecule has 1 aliphatic heterocycles. The molecular weight excluding hydrogens is 379 g/mol. The molecule has 0 amide bonds. The van der Waals surface area contributed by atoms with Gasteiger partial charge in [0.05, 0.1) is 5.75 Å². The maximum atomic E-state index is 12.6. The Bertz CT molecular complexity index is 834.